The molecule has 2 heterocycles. The molecule has 2 rings (SSSR count). The normalized spacial score (nSPS) is 32.7. The summed E-state index contributed by atoms with van der Waals surface area (Å²) in [6.45, 7) is 16.8. The molecule has 2 aliphatic rings. The monoisotopic (exact) mass is 297 g/mol. The van der Waals surface area contributed by atoms with Gasteiger partial charge in [-0.05, 0) is 40.7 Å². The summed E-state index contributed by atoms with van der Waals surface area (Å²) in [6.07, 6.45) is 2.44. The van der Waals surface area contributed by atoms with Crippen molar-refractivity contribution in [3.63, 3.8) is 0 Å². The van der Waals surface area contributed by atoms with Crippen molar-refractivity contribution in [1.29, 1.82) is 0 Å². The highest BCUT2D eigenvalue weighted by molar-refractivity contribution is 4.92. The van der Waals surface area contributed by atoms with Crippen LogP contribution in [-0.2, 0) is 4.74 Å². The van der Waals surface area contributed by atoms with Crippen LogP contribution < -0.4 is 5.32 Å². The van der Waals surface area contributed by atoms with Gasteiger partial charge in [0.1, 0.15) is 0 Å². The van der Waals surface area contributed by atoms with Gasteiger partial charge < -0.3 is 15.0 Å². The third kappa shape index (κ3) is 4.92. The maximum atomic E-state index is 5.76. The lowest BCUT2D eigenvalue weighted by atomic mass is 9.85. The Labute approximate surface area is 131 Å². The van der Waals surface area contributed by atoms with Gasteiger partial charge in [0.25, 0.3) is 0 Å². The molecule has 0 aromatic carbocycles. The zero-order chi connectivity index (χ0) is 15.5. The van der Waals surface area contributed by atoms with Crippen molar-refractivity contribution in [3.05, 3.63) is 0 Å². The molecule has 1 N–H and O–H groups in total. The van der Waals surface area contributed by atoms with Crippen LogP contribution in [0.2, 0.25) is 0 Å². The highest BCUT2D eigenvalue weighted by Gasteiger charge is 2.38. The van der Waals surface area contributed by atoms with Crippen LogP contribution >= 0.6 is 0 Å². The number of ether oxygens (including phenoxy) is 1. The van der Waals surface area contributed by atoms with Gasteiger partial charge in [0.15, 0.2) is 0 Å². The summed E-state index contributed by atoms with van der Waals surface area (Å²) in [7, 11) is 2.26. The molecule has 0 saturated carbocycles. The minimum absolute atomic E-state index is 0.184. The summed E-state index contributed by atoms with van der Waals surface area (Å²) in [5.41, 5.74) is 0.491. The van der Waals surface area contributed by atoms with Crippen molar-refractivity contribution in [3.8, 4) is 0 Å². The number of nitrogens with zero attached hydrogens (tertiary/aromatic N) is 2. The Morgan fingerprint density at radius 2 is 2.05 bits per heavy atom. The van der Waals surface area contributed by atoms with Crippen LogP contribution in [0.3, 0.4) is 0 Å². The molecule has 2 saturated heterocycles. The van der Waals surface area contributed by atoms with E-state index in [1.165, 1.54) is 39.0 Å². The van der Waals surface area contributed by atoms with E-state index in [4.69, 9.17) is 4.74 Å². The van der Waals surface area contributed by atoms with E-state index in [9.17, 15) is 0 Å². The number of rotatable bonds is 5. The van der Waals surface area contributed by atoms with E-state index in [1.54, 1.807) is 0 Å². The summed E-state index contributed by atoms with van der Waals surface area (Å²) in [6, 6.07) is 0.716. The van der Waals surface area contributed by atoms with E-state index >= 15 is 0 Å². The standard InChI is InChI=1S/C17H35N3O/c1-6-15-11-20(9-8-19(15)5)13-17(7-10-21-14-17)12-18-16(2,3)4/h15,18H,6-14H2,1-5H3. The fourth-order valence-electron chi connectivity index (χ4n) is 3.49. The van der Waals surface area contributed by atoms with Gasteiger partial charge in [0, 0.05) is 56.3 Å². The highest BCUT2D eigenvalue weighted by Crippen LogP contribution is 2.30. The highest BCUT2D eigenvalue weighted by atomic mass is 16.5. The van der Waals surface area contributed by atoms with Crippen molar-refractivity contribution in [2.45, 2.75) is 52.1 Å². The van der Waals surface area contributed by atoms with Gasteiger partial charge in [-0.1, -0.05) is 6.92 Å². The smallest absolute Gasteiger partial charge is 0.0547 e. The number of hydrogen-bond donors (Lipinski definition) is 1. The molecule has 4 heteroatoms. The van der Waals surface area contributed by atoms with E-state index in [-0.39, 0.29) is 5.54 Å². The predicted molar refractivity (Wildman–Crippen MR) is 88.8 cm³/mol. The van der Waals surface area contributed by atoms with Crippen LogP contribution in [0.5, 0.6) is 0 Å². The van der Waals surface area contributed by atoms with Gasteiger partial charge in [-0.15, -0.1) is 0 Å². The molecule has 0 radical (unpaired) electrons. The maximum absolute atomic E-state index is 5.76. The minimum Gasteiger partial charge on any atom is -0.381 e. The number of hydrogen-bond acceptors (Lipinski definition) is 4. The quantitative estimate of drug-likeness (QED) is 0.837. The second kappa shape index (κ2) is 6.95. The number of piperazine rings is 1. The summed E-state index contributed by atoms with van der Waals surface area (Å²) < 4.78 is 5.76. The molecule has 0 aromatic heterocycles. The van der Waals surface area contributed by atoms with Gasteiger partial charge in [-0.2, -0.15) is 0 Å². The van der Waals surface area contributed by atoms with Crippen LogP contribution in [0, 0.1) is 5.41 Å². The van der Waals surface area contributed by atoms with Crippen LogP contribution in [0.1, 0.15) is 40.5 Å². The van der Waals surface area contributed by atoms with E-state index in [0.717, 1.165) is 19.8 Å². The van der Waals surface area contributed by atoms with Gasteiger partial charge in [-0.3, -0.25) is 4.90 Å². The molecule has 0 bridgehead atoms. The minimum atomic E-state index is 0.184. The Morgan fingerprint density at radius 3 is 2.62 bits per heavy atom. The largest absolute Gasteiger partial charge is 0.381 e. The van der Waals surface area contributed by atoms with Crippen LogP contribution in [0.25, 0.3) is 0 Å². The summed E-state index contributed by atoms with van der Waals surface area (Å²) in [5.74, 6) is 0. The predicted octanol–water partition coefficient (Wildman–Crippen LogP) is 1.81. The Balaban J connectivity index is 1.93. The number of likely N-dealkylation sites (N-methyl/N-ethyl adjacent to an activating group) is 1. The SMILES string of the molecule is CCC1CN(CC2(CNC(C)(C)C)CCOC2)CCN1C. The lowest BCUT2D eigenvalue weighted by molar-refractivity contribution is 0.0468. The molecular weight excluding hydrogens is 262 g/mol. The molecule has 2 fully saturated rings. The number of nitrogens with one attached hydrogen (secondary N) is 1. The molecule has 0 aliphatic carbocycles. The first kappa shape index (κ1) is 17.2. The molecule has 4 nitrogen and oxygen atoms in total. The zero-order valence-electron chi connectivity index (χ0n) is 14.7. The van der Waals surface area contributed by atoms with Crippen LogP contribution in [0.4, 0.5) is 0 Å². The van der Waals surface area contributed by atoms with Crippen molar-refractivity contribution in [2.24, 2.45) is 5.41 Å². The lowest BCUT2D eigenvalue weighted by Crippen LogP contribution is -2.56. The van der Waals surface area contributed by atoms with E-state index in [1.807, 2.05) is 0 Å². The third-order valence-electron chi connectivity index (χ3n) is 5.07. The maximum Gasteiger partial charge on any atom is 0.0547 e. The molecule has 0 aromatic rings. The molecular formula is C17H35N3O. The third-order valence-corrected chi connectivity index (χ3v) is 5.07. The van der Waals surface area contributed by atoms with Crippen LogP contribution in [0.15, 0.2) is 0 Å². The Bertz CT molecular complexity index is 320. The average molecular weight is 297 g/mol. The van der Waals surface area contributed by atoms with Gasteiger partial charge in [-0.25, -0.2) is 0 Å². The van der Waals surface area contributed by atoms with Gasteiger partial charge in [0.2, 0.25) is 0 Å². The van der Waals surface area contributed by atoms with E-state index in [2.05, 4.69) is 49.9 Å². The molecule has 0 amide bonds. The van der Waals surface area contributed by atoms with Crippen molar-refractivity contribution < 1.29 is 4.74 Å². The fraction of sp³-hybridized carbons (Fsp3) is 1.00. The molecule has 124 valence electrons. The van der Waals surface area contributed by atoms with Crippen molar-refractivity contribution >= 4 is 0 Å². The first-order valence-electron chi connectivity index (χ1n) is 8.59. The Hall–Kier alpha value is -0.160. The molecule has 2 unspecified atom stereocenters. The van der Waals surface area contributed by atoms with Crippen LogP contribution in [-0.4, -0.2) is 74.4 Å². The zero-order valence-corrected chi connectivity index (χ0v) is 14.7. The molecule has 0 spiro atoms. The summed E-state index contributed by atoms with van der Waals surface area (Å²) in [4.78, 5) is 5.19. The van der Waals surface area contributed by atoms with Crippen molar-refractivity contribution in [1.82, 2.24) is 15.1 Å². The van der Waals surface area contributed by atoms with E-state index < -0.39 is 0 Å². The first-order valence-corrected chi connectivity index (χ1v) is 8.59. The second-order valence-electron chi connectivity index (χ2n) is 8.18. The average Bonchev–Trinajstić information content (AvgIpc) is 2.87. The van der Waals surface area contributed by atoms with E-state index in [0.29, 0.717) is 11.5 Å². The van der Waals surface area contributed by atoms with Gasteiger partial charge in [0.05, 0.1) is 6.61 Å². The first-order chi connectivity index (χ1) is 9.84. The van der Waals surface area contributed by atoms with Gasteiger partial charge >= 0.3 is 0 Å². The second-order valence-corrected chi connectivity index (χ2v) is 8.18. The molecule has 2 aliphatic heterocycles. The molecule has 2 atom stereocenters. The Kier molecular flexibility index (Phi) is 5.69. The molecule has 21 heavy (non-hydrogen) atoms. The topological polar surface area (TPSA) is 27.7 Å². The Morgan fingerprint density at radius 1 is 1.29 bits per heavy atom. The van der Waals surface area contributed by atoms with Crippen molar-refractivity contribution in [2.75, 3.05) is 53.0 Å². The summed E-state index contributed by atoms with van der Waals surface area (Å²) >= 11 is 0. The lowest BCUT2D eigenvalue weighted by Gasteiger charge is -2.43. The fourth-order valence-corrected chi connectivity index (χ4v) is 3.49. The summed E-state index contributed by atoms with van der Waals surface area (Å²) in [5, 5.41) is 3.71.